The molecule has 0 spiro atoms. The summed E-state index contributed by atoms with van der Waals surface area (Å²) in [5.74, 6) is 0. The van der Waals surface area contributed by atoms with Crippen LogP contribution in [0.2, 0.25) is 0 Å². The Morgan fingerprint density at radius 1 is 1.00 bits per heavy atom. The maximum absolute atomic E-state index is 10.1. The van der Waals surface area contributed by atoms with Crippen molar-refractivity contribution in [3.63, 3.8) is 0 Å². The number of nitrogens with zero attached hydrogens (tertiary/aromatic N) is 1. The standard InChI is InChI=1S/C14H29NO/c1-3-5-11-15(12-6-4-2)13-9-7-8-10-14(13)16/h13-14,16H,3-12H2,1-2H3/t13-,14+/m1/s1. The van der Waals surface area contributed by atoms with Crippen LogP contribution in [-0.4, -0.2) is 35.2 Å². The maximum atomic E-state index is 10.1. The summed E-state index contributed by atoms with van der Waals surface area (Å²) in [5, 5.41) is 10.1. The molecule has 0 aromatic heterocycles. The van der Waals surface area contributed by atoms with Crippen LogP contribution in [0.25, 0.3) is 0 Å². The van der Waals surface area contributed by atoms with Crippen molar-refractivity contribution in [2.45, 2.75) is 77.4 Å². The third-order valence-corrected chi connectivity index (χ3v) is 3.76. The molecule has 1 saturated carbocycles. The summed E-state index contributed by atoms with van der Waals surface area (Å²) in [5.41, 5.74) is 0. The largest absolute Gasteiger partial charge is 0.391 e. The molecule has 2 heteroatoms. The smallest absolute Gasteiger partial charge is 0.0695 e. The fourth-order valence-corrected chi connectivity index (χ4v) is 2.68. The third kappa shape index (κ3) is 4.42. The summed E-state index contributed by atoms with van der Waals surface area (Å²) < 4.78 is 0. The van der Waals surface area contributed by atoms with Crippen LogP contribution in [-0.2, 0) is 0 Å². The lowest BCUT2D eigenvalue weighted by Crippen LogP contribution is -2.46. The number of hydrogen-bond donors (Lipinski definition) is 1. The molecule has 0 amide bonds. The molecule has 1 fully saturated rings. The van der Waals surface area contributed by atoms with Gasteiger partial charge in [0.1, 0.15) is 0 Å². The van der Waals surface area contributed by atoms with Crippen molar-refractivity contribution in [1.82, 2.24) is 4.90 Å². The van der Waals surface area contributed by atoms with Crippen molar-refractivity contribution in [2.24, 2.45) is 0 Å². The van der Waals surface area contributed by atoms with E-state index in [1.165, 1.54) is 58.0 Å². The molecule has 1 aliphatic rings. The van der Waals surface area contributed by atoms with E-state index in [1.54, 1.807) is 0 Å². The molecule has 0 aliphatic heterocycles. The van der Waals surface area contributed by atoms with Gasteiger partial charge in [-0.3, -0.25) is 4.90 Å². The number of aliphatic hydroxyl groups is 1. The van der Waals surface area contributed by atoms with E-state index >= 15 is 0 Å². The molecule has 2 nitrogen and oxygen atoms in total. The lowest BCUT2D eigenvalue weighted by Gasteiger charge is -2.37. The highest BCUT2D eigenvalue weighted by molar-refractivity contribution is 4.83. The average Bonchev–Trinajstić information content (AvgIpc) is 2.31. The van der Waals surface area contributed by atoms with E-state index in [0.717, 1.165) is 6.42 Å². The minimum atomic E-state index is -0.0672. The maximum Gasteiger partial charge on any atom is 0.0695 e. The van der Waals surface area contributed by atoms with E-state index in [1.807, 2.05) is 0 Å². The zero-order valence-corrected chi connectivity index (χ0v) is 11.1. The van der Waals surface area contributed by atoms with Gasteiger partial charge in [-0.25, -0.2) is 0 Å². The Labute approximate surface area is 101 Å². The van der Waals surface area contributed by atoms with Crippen molar-refractivity contribution >= 4 is 0 Å². The Kier molecular flexibility index (Phi) is 7.06. The van der Waals surface area contributed by atoms with Crippen LogP contribution in [0.5, 0.6) is 0 Å². The van der Waals surface area contributed by atoms with E-state index in [4.69, 9.17) is 0 Å². The Morgan fingerprint density at radius 2 is 1.56 bits per heavy atom. The lowest BCUT2D eigenvalue weighted by atomic mass is 9.91. The zero-order chi connectivity index (χ0) is 11.8. The third-order valence-electron chi connectivity index (χ3n) is 3.76. The molecule has 1 rings (SSSR count). The predicted molar refractivity (Wildman–Crippen MR) is 69.7 cm³/mol. The van der Waals surface area contributed by atoms with E-state index < -0.39 is 0 Å². The second kappa shape index (κ2) is 8.08. The number of unbranched alkanes of at least 4 members (excludes halogenated alkanes) is 2. The molecule has 0 aromatic carbocycles. The van der Waals surface area contributed by atoms with Gasteiger partial charge in [-0.1, -0.05) is 39.5 Å². The summed E-state index contributed by atoms with van der Waals surface area (Å²) in [7, 11) is 0. The van der Waals surface area contributed by atoms with Crippen LogP contribution in [0.4, 0.5) is 0 Å². The normalized spacial score (nSPS) is 26.2. The van der Waals surface area contributed by atoms with E-state index in [2.05, 4.69) is 18.7 Å². The first-order chi connectivity index (χ1) is 7.79. The summed E-state index contributed by atoms with van der Waals surface area (Å²) in [6.07, 6.45) is 9.72. The second-order valence-electron chi connectivity index (χ2n) is 5.16. The number of rotatable bonds is 7. The Balaban J connectivity index is 2.44. The summed E-state index contributed by atoms with van der Waals surface area (Å²) >= 11 is 0. The van der Waals surface area contributed by atoms with Crippen molar-refractivity contribution < 1.29 is 5.11 Å². The highest BCUT2D eigenvalue weighted by Crippen LogP contribution is 2.23. The van der Waals surface area contributed by atoms with Gasteiger partial charge in [-0.05, 0) is 38.8 Å². The van der Waals surface area contributed by atoms with E-state index in [0.29, 0.717) is 6.04 Å². The first-order valence-electron chi connectivity index (χ1n) is 7.21. The highest BCUT2D eigenvalue weighted by atomic mass is 16.3. The second-order valence-corrected chi connectivity index (χ2v) is 5.16. The van der Waals surface area contributed by atoms with Crippen LogP contribution in [0.15, 0.2) is 0 Å². The molecule has 0 unspecified atom stereocenters. The molecule has 16 heavy (non-hydrogen) atoms. The SMILES string of the molecule is CCCCN(CCCC)[C@@H]1CCCC[C@@H]1O. The molecule has 1 aliphatic carbocycles. The average molecular weight is 227 g/mol. The van der Waals surface area contributed by atoms with Gasteiger partial charge in [-0.15, -0.1) is 0 Å². The van der Waals surface area contributed by atoms with Gasteiger partial charge < -0.3 is 5.11 Å². The van der Waals surface area contributed by atoms with E-state index in [9.17, 15) is 5.11 Å². The monoisotopic (exact) mass is 227 g/mol. The fourth-order valence-electron chi connectivity index (χ4n) is 2.68. The summed E-state index contributed by atoms with van der Waals surface area (Å²) in [4.78, 5) is 2.55. The molecular formula is C14H29NO. The molecule has 0 bridgehead atoms. The summed E-state index contributed by atoms with van der Waals surface area (Å²) in [6, 6.07) is 0.451. The summed E-state index contributed by atoms with van der Waals surface area (Å²) in [6.45, 7) is 6.85. The molecule has 0 aromatic rings. The van der Waals surface area contributed by atoms with Crippen LogP contribution in [0.1, 0.15) is 65.2 Å². The first kappa shape index (κ1) is 14.0. The van der Waals surface area contributed by atoms with Crippen LogP contribution < -0.4 is 0 Å². The van der Waals surface area contributed by atoms with Crippen molar-refractivity contribution in [1.29, 1.82) is 0 Å². The van der Waals surface area contributed by atoms with Crippen molar-refractivity contribution in [3.8, 4) is 0 Å². The van der Waals surface area contributed by atoms with Gasteiger partial charge >= 0.3 is 0 Å². The Bertz CT molecular complexity index is 164. The van der Waals surface area contributed by atoms with Gasteiger partial charge in [-0.2, -0.15) is 0 Å². The van der Waals surface area contributed by atoms with Crippen LogP contribution in [0.3, 0.4) is 0 Å². The Morgan fingerprint density at radius 3 is 2.06 bits per heavy atom. The number of aliphatic hydroxyl groups excluding tert-OH is 1. The first-order valence-corrected chi connectivity index (χ1v) is 7.21. The van der Waals surface area contributed by atoms with Crippen molar-refractivity contribution in [2.75, 3.05) is 13.1 Å². The molecule has 2 atom stereocenters. The molecule has 0 radical (unpaired) electrons. The van der Waals surface area contributed by atoms with Crippen molar-refractivity contribution in [3.05, 3.63) is 0 Å². The zero-order valence-electron chi connectivity index (χ0n) is 11.1. The molecular weight excluding hydrogens is 198 g/mol. The van der Waals surface area contributed by atoms with Gasteiger partial charge in [0.05, 0.1) is 6.10 Å². The minimum Gasteiger partial charge on any atom is -0.391 e. The lowest BCUT2D eigenvalue weighted by molar-refractivity contribution is 0.0184. The minimum absolute atomic E-state index is 0.0672. The molecule has 0 heterocycles. The predicted octanol–water partition coefficient (Wildman–Crippen LogP) is 3.19. The molecule has 96 valence electrons. The Hall–Kier alpha value is -0.0800. The van der Waals surface area contributed by atoms with Gasteiger partial charge in [0, 0.05) is 6.04 Å². The van der Waals surface area contributed by atoms with Crippen LogP contribution >= 0.6 is 0 Å². The van der Waals surface area contributed by atoms with Crippen LogP contribution in [0, 0.1) is 0 Å². The highest BCUT2D eigenvalue weighted by Gasteiger charge is 2.27. The quantitative estimate of drug-likeness (QED) is 0.722. The van der Waals surface area contributed by atoms with Gasteiger partial charge in [0.15, 0.2) is 0 Å². The molecule has 0 saturated heterocycles. The fraction of sp³-hybridized carbons (Fsp3) is 1.00. The van der Waals surface area contributed by atoms with E-state index in [-0.39, 0.29) is 6.10 Å². The van der Waals surface area contributed by atoms with Gasteiger partial charge in [0.25, 0.3) is 0 Å². The number of hydrogen-bond acceptors (Lipinski definition) is 2. The topological polar surface area (TPSA) is 23.5 Å². The van der Waals surface area contributed by atoms with Gasteiger partial charge in [0.2, 0.25) is 0 Å². The molecule has 1 N–H and O–H groups in total.